The van der Waals surface area contributed by atoms with E-state index < -0.39 is 15.6 Å². The summed E-state index contributed by atoms with van der Waals surface area (Å²) in [5.41, 5.74) is 1.73. The summed E-state index contributed by atoms with van der Waals surface area (Å²) in [6.07, 6.45) is 7.30. The summed E-state index contributed by atoms with van der Waals surface area (Å²) in [6, 6.07) is 14.2. The molecule has 190 valence electrons. The molecule has 0 bridgehead atoms. The lowest BCUT2D eigenvalue weighted by molar-refractivity contribution is -0.154. The minimum absolute atomic E-state index is 0.0665. The molecule has 0 unspecified atom stereocenters. The van der Waals surface area contributed by atoms with Gasteiger partial charge in [-0.1, -0.05) is 43.2 Å². The van der Waals surface area contributed by atoms with Crippen LogP contribution in [-0.4, -0.2) is 26.6 Å². The van der Waals surface area contributed by atoms with Gasteiger partial charge < -0.3 is 9.47 Å². The van der Waals surface area contributed by atoms with Gasteiger partial charge in [-0.05, 0) is 75.6 Å². The highest BCUT2D eigenvalue weighted by atomic mass is 32.2. The summed E-state index contributed by atoms with van der Waals surface area (Å²) in [5.74, 6) is 6.93. The van der Waals surface area contributed by atoms with E-state index in [1.165, 1.54) is 12.1 Å². The van der Waals surface area contributed by atoms with Crippen LogP contribution >= 0.6 is 0 Å². The van der Waals surface area contributed by atoms with Crippen LogP contribution < -0.4 is 9.88 Å². The molecule has 0 heterocycles. The van der Waals surface area contributed by atoms with Gasteiger partial charge in [-0.15, -0.1) is 0 Å². The quantitative estimate of drug-likeness (QED) is 0.240. The second-order valence-corrected chi connectivity index (χ2v) is 11.0. The Hall–Kier alpha value is -2.82. The molecule has 2 aromatic rings. The van der Waals surface area contributed by atoms with Crippen LogP contribution in [0.15, 0.2) is 53.4 Å². The molecule has 6 nitrogen and oxygen atoms in total. The smallest absolute Gasteiger partial charge is 0.306 e. The molecule has 0 aliphatic carbocycles. The van der Waals surface area contributed by atoms with Gasteiger partial charge in [0.25, 0.3) is 0 Å². The first-order valence-corrected chi connectivity index (χ1v) is 13.6. The fourth-order valence-electron chi connectivity index (χ4n) is 3.34. The van der Waals surface area contributed by atoms with Crippen molar-refractivity contribution in [1.29, 1.82) is 0 Å². The topological polar surface area (TPSA) is 95.7 Å². The van der Waals surface area contributed by atoms with Crippen LogP contribution in [0.5, 0.6) is 5.75 Å². The van der Waals surface area contributed by atoms with Crippen molar-refractivity contribution in [3.05, 3.63) is 59.7 Å². The van der Waals surface area contributed by atoms with E-state index in [2.05, 4.69) is 11.8 Å². The first-order valence-electron chi connectivity index (χ1n) is 12.1. The third-order valence-electron chi connectivity index (χ3n) is 5.10. The van der Waals surface area contributed by atoms with Crippen LogP contribution in [0.25, 0.3) is 0 Å². The number of unbranched alkanes of at least 4 members (excludes halogenated alkanes) is 5. The Kier molecular flexibility index (Phi) is 11.3. The molecule has 0 aromatic heterocycles. The van der Waals surface area contributed by atoms with E-state index in [0.717, 1.165) is 56.1 Å². The Labute approximate surface area is 210 Å². The Bertz CT molecular complexity index is 1090. The number of benzene rings is 2. The van der Waals surface area contributed by atoms with Gasteiger partial charge in [0.1, 0.15) is 11.4 Å². The van der Waals surface area contributed by atoms with Gasteiger partial charge in [-0.3, -0.25) is 4.79 Å². The average molecular weight is 500 g/mol. The zero-order chi connectivity index (χ0) is 25.7. The first-order chi connectivity index (χ1) is 16.5. The van der Waals surface area contributed by atoms with Gasteiger partial charge in [0.05, 0.1) is 11.5 Å². The van der Waals surface area contributed by atoms with Crippen molar-refractivity contribution in [3.63, 3.8) is 0 Å². The zero-order valence-corrected chi connectivity index (χ0v) is 21.8. The highest BCUT2D eigenvalue weighted by molar-refractivity contribution is 7.89. The van der Waals surface area contributed by atoms with Crippen molar-refractivity contribution >= 4 is 16.0 Å². The Morgan fingerprint density at radius 3 is 2.17 bits per heavy atom. The van der Waals surface area contributed by atoms with Crippen LogP contribution in [0.3, 0.4) is 0 Å². The summed E-state index contributed by atoms with van der Waals surface area (Å²) >= 11 is 0. The third-order valence-corrected chi connectivity index (χ3v) is 6.03. The van der Waals surface area contributed by atoms with Crippen molar-refractivity contribution in [3.8, 4) is 17.6 Å². The molecule has 0 aliphatic heterocycles. The van der Waals surface area contributed by atoms with Gasteiger partial charge in [-0.25, -0.2) is 13.6 Å². The molecule has 7 heteroatoms. The Morgan fingerprint density at radius 1 is 0.914 bits per heavy atom. The van der Waals surface area contributed by atoms with Crippen molar-refractivity contribution in [2.45, 2.75) is 82.6 Å². The number of sulfonamides is 1. The molecule has 0 saturated carbocycles. The maximum atomic E-state index is 11.7. The monoisotopic (exact) mass is 499 g/mol. The van der Waals surface area contributed by atoms with Crippen LogP contribution in [-0.2, 0) is 26.0 Å². The van der Waals surface area contributed by atoms with Crippen molar-refractivity contribution in [2.24, 2.45) is 5.14 Å². The number of nitrogens with two attached hydrogens (primary N) is 1. The number of ether oxygens (including phenoxy) is 2. The molecule has 2 aromatic carbocycles. The lowest BCUT2D eigenvalue weighted by atomic mass is 10.1. The number of rotatable bonds is 12. The zero-order valence-electron chi connectivity index (χ0n) is 21.0. The summed E-state index contributed by atoms with van der Waals surface area (Å²) in [5, 5.41) is 5.09. The lowest BCUT2D eigenvalue weighted by Gasteiger charge is -2.19. The summed E-state index contributed by atoms with van der Waals surface area (Å²) in [6.45, 7) is 6.15. The molecule has 2 rings (SSSR count). The van der Waals surface area contributed by atoms with E-state index in [1.807, 2.05) is 45.0 Å². The van der Waals surface area contributed by atoms with Gasteiger partial charge >= 0.3 is 5.97 Å². The van der Waals surface area contributed by atoms with Gasteiger partial charge in [-0.2, -0.15) is 0 Å². The van der Waals surface area contributed by atoms with Crippen LogP contribution in [0.2, 0.25) is 0 Å². The van der Waals surface area contributed by atoms with E-state index in [9.17, 15) is 13.2 Å². The SMILES string of the molecule is CC(C)(C)OC(=O)CCCCCCCC#Cc1ccc(CCOc2ccc(S(N)(=O)=O)cc2)cc1. The number of primary sulfonamides is 1. The van der Waals surface area contributed by atoms with Crippen molar-refractivity contribution in [1.82, 2.24) is 0 Å². The molecular formula is C28H37NO5S. The molecule has 35 heavy (non-hydrogen) atoms. The fourth-order valence-corrected chi connectivity index (χ4v) is 3.85. The van der Waals surface area contributed by atoms with Gasteiger partial charge in [0.2, 0.25) is 10.0 Å². The normalized spacial score (nSPS) is 11.4. The number of hydrogen-bond donors (Lipinski definition) is 1. The third kappa shape index (κ3) is 12.4. The predicted octanol–water partition coefficient (Wildman–Crippen LogP) is 5.38. The van der Waals surface area contributed by atoms with Crippen LogP contribution in [0.4, 0.5) is 0 Å². The second-order valence-electron chi connectivity index (χ2n) is 9.47. The second kappa shape index (κ2) is 13.9. The summed E-state index contributed by atoms with van der Waals surface area (Å²) < 4.78 is 33.6. The van der Waals surface area contributed by atoms with Crippen molar-refractivity contribution < 1.29 is 22.7 Å². The highest BCUT2D eigenvalue weighted by Crippen LogP contribution is 2.16. The molecule has 0 fully saturated rings. The van der Waals surface area contributed by atoms with E-state index in [4.69, 9.17) is 14.6 Å². The molecular weight excluding hydrogens is 462 g/mol. The summed E-state index contributed by atoms with van der Waals surface area (Å²) in [7, 11) is -3.69. The number of carbonyl (C=O) groups excluding carboxylic acids is 1. The lowest BCUT2D eigenvalue weighted by Crippen LogP contribution is -2.23. The molecule has 0 amide bonds. The predicted molar refractivity (Wildman–Crippen MR) is 138 cm³/mol. The standard InChI is InChI=1S/C28H37NO5S/c1-28(2,3)34-27(30)12-10-8-6-4-5-7-9-11-23-13-15-24(16-14-23)21-22-33-25-17-19-26(20-18-25)35(29,31)32/h13-20H,4-8,10,12,21-22H2,1-3H3,(H2,29,31,32). The number of carbonyl (C=O) groups is 1. The largest absolute Gasteiger partial charge is 0.493 e. The Balaban J connectivity index is 1.59. The molecule has 0 atom stereocenters. The Morgan fingerprint density at radius 2 is 1.54 bits per heavy atom. The maximum Gasteiger partial charge on any atom is 0.306 e. The van der Waals surface area contributed by atoms with Gasteiger partial charge in [0, 0.05) is 24.8 Å². The van der Waals surface area contributed by atoms with Gasteiger partial charge in [0.15, 0.2) is 0 Å². The number of esters is 1. The van der Waals surface area contributed by atoms with Crippen LogP contribution in [0.1, 0.15) is 76.8 Å². The van der Waals surface area contributed by atoms with Crippen LogP contribution in [0, 0.1) is 11.8 Å². The molecule has 0 aliphatic rings. The fraction of sp³-hybridized carbons (Fsp3) is 0.464. The molecule has 2 N–H and O–H groups in total. The van der Waals surface area contributed by atoms with Crippen molar-refractivity contribution in [2.75, 3.05) is 6.61 Å². The van der Waals surface area contributed by atoms with E-state index in [1.54, 1.807) is 12.1 Å². The first kappa shape index (κ1) is 28.4. The molecule has 0 spiro atoms. The molecule has 0 saturated heterocycles. The summed E-state index contributed by atoms with van der Waals surface area (Å²) in [4.78, 5) is 11.7. The maximum absolute atomic E-state index is 11.7. The van der Waals surface area contributed by atoms with E-state index in [-0.39, 0.29) is 10.9 Å². The number of hydrogen-bond acceptors (Lipinski definition) is 5. The average Bonchev–Trinajstić information content (AvgIpc) is 2.77. The minimum Gasteiger partial charge on any atom is -0.493 e. The molecule has 0 radical (unpaired) electrons. The minimum atomic E-state index is -3.69. The van der Waals surface area contributed by atoms with E-state index in [0.29, 0.717) is 18.8 Å². The van der Waals surface area contributed by atoms with E-state index >= 15 is 0 Å². The highest BCUT2D eigenvalue weighted by Gasteiger charge is 2.15.